The van der Waals surface area contributed by atoms with Gasteiger partial charge in [0.1, 0.15) is 11.2 Å². The maximum Gasteiger partial charge on any atom is 0.244 e. The third-order valence-corrected chi connectivity index (χ3v) is 8.18. The second kappa shape index (κ2) is 8.34. The van der Waals surface area contributed by atoms with Crippen LogP contribution in [0.25, 0.3) is 10.8 Å². The molecule has 3 aromatic rings. The van der Waals surface area contributed by atoms with Gasteiger partial charge in [-0.1, -0.05) is 17.8 Å². The lowest BCUT2D eigenvalue weighted by Crippen LogP contribution is -2.47. The van der Waals surface area contributed by atoms with Crippen LogP contribution in [0, 0.1) is 0 Å². The minimum Gasteiger partial charge on any atom is -0.444 e. The maximum atomic E-state index is 12.7. The predicted octanol–water partition coefficient (Wildman–Crippen LogP) is 3.03. The van der Waals surface area contributed by atoms with Gasteiger partial charge in [-0.15, -0.1) is 11.3 Å². The summed E-state index contributed by atoms with van der Waals surface area (Å²) in [5.74, 6) is 1.22. The molecule has 7 nitrogen and oxygen atoms in total. The molecule has 0 spiro atoms. The Morgan fingerprint density at radius 3 is 2.71 bits per heavy atom. The van der Waals surface area contributed by atoms with E-state index in [1.54, 1.807) is 29.7 Å². The highest BCUT2D eigenvalue weighted by Gasteiger charge is 2.27. The van der Waals surface area contributed by atoms with E-state index in [1.165, 1.54) is 22.3 Å². The number of oxazole rings is 1. The lowest BCUT2D eigenvalue weighted by Gasteiger charge is -2.31. The Labute approximate surface area is 172 Å². The molecule has 1 fully saturated rings. The molecule has 4 rings (SSSR count). The Morgan fingerprint density at radius 1 is 1.21 bits per heavy atom. The van der Waals surface area contributed by atoms with E-state index >= 15 is 0 Å². The topological polar surface area (TPSA) is 79.5 Å². The summed E-state index contributed by atoms with van der Waals surface area (Å²) in [7, 11) is -1.49. The second-order valence-corrected chi connectivity index (χ2v) is 10.3. The maximum absolute atomic E-state index is 12.7. The quantitative estimate of drug-likeness (QED) is 0.550. The lowest BCUT2D eigenvalue weighted by atomic mass is 10.4. The minimum atomic E-state index is -3.48. The molecule has 0 unspecified atom stereocenters. The zero-order chi connectivity index (χ0) is 19.6. The van der Waals surface area contributed by atoms with Crippen LogP contribution in [0.15, 0.2) is 56.4 Å². The Bertz CT molecular complexity index is 1010. The molecule has 3 aromatic heterocycles. The van der Waals surface area contributed by atoms with Gasteiger partial charge in [-0.25, -0.2) is 18.4 Å². The molecular formula is C18H20N4O3S3. The third-order valence-electron chi connectivity index (χ3n) is 4.46. The molecule has 0 bridgehead atoms. The summed E-state index contributed by atoms with van der Waals surface area (Å²) in [6.07, 6.45) is 3.09. The molecule has 0 radical (unpaired) electrons. The number of hydrogen-bond donors (Lipinski definition) is 0. The van der Waals surface area contributed by atoms with Crippen molar-refractivity contribution in [3.8, 4) is 10.8 Å². The van der Waals surface area contributed by atoms with E-state index in [9.17, 15) is 8.42 Å². The number of rotatable bonds is 6. The molecule has 0 aliphatic carbocycles. The van der Waals surface area contributed by atoms with Crippen LogP contribution in [-0.2, 0) is 15.8 Å². The van der Waals surface area contributed by atoms with E-state index in [1.807, 2.05) is 24.6 Å². The molecule has 1 aliphatic heterocycles. The van der Waals surface area contributed by atoms with Crippen LogP contribution in [0.1, 0.15) is 5.69 Å². The molecule has 0 saturated carbocycles. The molecule has 1 saturated heterocycles. The van der Waals surface area contributed by atoms with Crippen LogP contribution in [-0.4, -0.2) is 60.8 Å². The van der Waals surface area contributed by atoms with E-state index in [2.05, 4.69) is 14.9 Å². The van der Waals surface area contributed by atoms with Gasteiger partial charge in [0.15, 0.2) is 0 Å². The first kappa shape index (κ1) is 19.6. The van der Waals surface area contributed by atoms with Gasteiger partial charge in [-0.05, 0) is 30.6 Å². The van der Waals surface area contributed by atoms with Crippen LogP contribution in [0.2, 0.25) is 0 Å². The van der Waals surface area contributed by atoms with Crippen molar-refractivity contribution < 1.29 is 12.8 Å². The molecule has 10 heteroatoms. The predicted molar refractivity (Wildman–Crippen MR) is 110 cm³/mol. The van der Waals surface area contributed by atoms with E-state index in [0.717, 1.165) is 28.7 Å². The monoisotopic (exact) mass is 436 g/mol. The fourth-order valence-electron chi connectivity index (χ4n) is 2.82. The highest BCUT2D eigenvalue weighted by molar-refractivity contribution is 7.98. The minimum absolute atomic E-state index is 0.239. The highest BCUT2D eigenvalue weighted by Crippen LogP contribution is 2.27. The van der Waals surface area contributed by atoms with Gasteiger partial charge in [0, 0.05) is 38.1 Å². The molecule has 148 valence electrons. The summed E-state index contributed by atoms with van der Waals surface area (Å²) in [6, 6.07) is 7.30. The summed E-state index contributed by atoms with van der Waals surface area (Å²) in [5.41, 5.74) is 0.823. The zero-order valence-corrected chi connectivity index (χ0v) is 17.8. The lowest BCUT2D eigenvalue weighted by molar-refractivity contribution is 0.222. The van der Waals surface area contributed by atoms with Crippen LogP contribution in [0.3, 0.4) is 0 Å². The van der Waals surface area contributed by atoms with Crippen LogP contribution in [0.5, 0.6) is 0 Å². The Balaban J connectivity index is 1.38. The highest BCUT2D eigenvalue weighted by atomic mass is 32.2. The van der Waals surface area contributed by atoms with Crippen molar-refractivity contribution >= 4 is 33.1 Å². The number of hydrogen-bond acceptors (Lipinski definition) is 8. The fourth-order valence-corrected chi connectivity index (χ4v) is 5.56. The molecule has 0 amide bonds. The van der Waals surface area contributed by atoms with Gasteiger partial charge in [0.2, 0.25) is 15.9 Å². The third kappa shape index (κ3) is 4.31. The molecule has 0 N–H and O–H groups in total. The number of nitrogens with zero attached hydrogens (tertiary/aromatic N) is 4. The van der Waals surface area contributed by atoms with Crippen LogP contribution < -0.4 is 0 Å². The number of likely N-dealkylation sites (N-methyl/N-ethyl adjacent to an activating group) is 1. The van der Waals surface area contributed by atoms with Gasteiger partial charge < -0.3 is 9.32 Å². The van der Waals surface area contributed by atoms with Crippen molar-refractivity contribution in [2.75, 3.05) is 33.2 Å². The van der Waals surface area contributed by atoms with Crippen molar-refractivity contribution in [1.82, 2.24) is 19.2 Å². The van der Waals surface area contributed by atoms with Crippen molar-refractivity contribution in [2.45, 2.75) is 15.7 Å². The standard InChI is InChI=1S/C18H20N4O3S3/c1-21-6-8-22(9-7-21)28(23,24)15-4-5-17(19-11-15)27-13-14-12-25-18(20-14)16-3-2-10-26-16/h2-5,10-12H,6-9,13H2,1H3. The zero-order valence-electron chi connectivity index (χ0n) is 15.3. The van der Waals surface area contributed by atoms with Crippen molar-refractivity contribution in [3.05, 3.63) is 47.8 Å². The summed E-state index contributed by atoms with van der Waals surface area (Å²) in [6.45, 7) is 2.50. The van der Waals surface area contributed by atoms with E-state index < -0.39 is 10.0 Å². The van der Waals surface area contributed by atoms with Crippen molar-refractivity contribution in [2.24, 2.45) is 0 Å². The van der Waals surface area contributed by atoms with Gasteiger partial charge >= 0.3 is 0 Å². The largest absolute Gasteiger partial charge is 0.444 e. The number of thiophene rings is 1. The van der Waals surface area contributed by atoms with Crippen molar-refractivity contribution in [3.63, 3.8) is 0 Å². The van der Waals surface area contributed by atoms with E-state index in [4.69, 9.17) is 4.42 Å². The number of thioether (sulfide) groups is 1. The molecule has 1 aliphatic rings. The van der Waals surface area contributed by atoms with Gasteiger partial charge in [-0.2, -0.15) is 4.31 Å². The smallest absolute Gasteiger partial charge is 0.244 e. The van der Waals surface area contributed by atoms with Gasteiger partial charge in [0.25, 0.3) is 0 Å². The number of piperazine rings is 1. The number of pyridine rings is 1. The second-order valence-electron chi connectivity index (χ2n) is 6.45. The summed E-state index contributed by atoms with van der Waals surface area (Å²) < 4.78 is 32.5. The summed E-state index contributed by atoms with van der Waals surface area (Å²) in [4.78, 5) is 12.2. The van der Waals surface area contributed by atoms with Crippen LogP contribution >= 0.6 is 23.1 Å². The van der Waals surface area contributed by atoms with Crippen LogP contribution in [0.4, 0.5) is 0 Å². The average Bonchev–Trinajstić information content (AvgIpc) is 3.39. The normalized spacial score (nSPS) is 16.5. The summed E-state index contributed by atoms with van der Waals surface area (Å²) >= 11 is 3.07. The van der Waals surface area contributed by atoms with Gasteiger partial charge in [0.05, 0.1) is 15.6 Å². The molecule has 0 atom stereocenters. The SMILES string of the molecule is CN1CCN(S(=O)(=O)c2ccc(SCc3coc(-c4cccs4)n3)nc2)CC1. The van der Waals surface area contributed by atoms with E-state index in [-0.39, 0.29) is 4.90 Å². The van der Waals surface area contributed by atoms with Gasteiger partial charge in [-0.3, -0.25) is 0 Å². The molecular weight excluding hydrogens is 416 g/mol. The molecule has 0 aromatic carbocycles. The average molecular weight is 437 g/mol. The Kier molecular flexibility index (Phi) is 5.83. The first-order valence-electron chi connectivity index (χ1n) is 8.78. The van der Waals surface area contributed by atoms with Crippen molar-refractivity contribution in [1.29, 1.82) is 0 Å². The first-order chi connectivity index (χ1) is 13.5. The molecule has 4 heterocycles. The first-order valence-corrected chi connectivity index (χ1v) is 12.1. The number of aromatic nitrogens is 2. The summed E-state index contributed by atoms with van der Waals surface area (Å²) in [5, 5.41) is 2.73. The fraction of sp³-hybridized carbons (Fsp3) is 0.333. The number of sulfonamides is 1. The Morgan fingerprint density at radius 2 is 2.04 bits per heavy atom. The van der Waals surface area contributed by atoms with E-state index in [0.29, 0.717) is 24.7 Å². The molecule has 28 heavy (non-hydrogen) atoms. The Hall–Kier alpha value is -1.72.